The Kier molecular flexibility index (Phi) is 10.9. The maximum Gasteiger partial charge on any atom is 0.0193 e. The van der Waals surface area contributed by atoms with Gasteiger partial charge in [0.1, 0.15) is 0 Å². The molecule has 0 amide bonds. The molecule has 0 atom stereocenters. The predicted octanol–water partition coefficient (Wildman–Crippen LogP) is 8.92. The highest BCUT2D eigenvalue weighted by molar-refractivity contribution is 14.2. The highest BCUT2D eigenvalue weighted by atomic mass is 127. The van der Waals surface area contributed by atoms with Crippen molar-refractivity contribution in [2.45, 2.75) is 6.92 Å². The number of allylic oxidation sites excluding steroid dienone is 10. The van der Waals surface area contributed by atoms with Crippen LogP contribution in [0.4, 0.5) is 0 Å². The molecular formula is C22H18I4. The third kappa shape index (κ3) is 6.97. The lowest BCUT2D eigenvalue weighted by Crippen LogP contribution is -1.92. The van der Waals surface area contributed by atoms with Crippen molar-refractivity contribution in [3.05, 3.63) is 98.8 Å². The first-order chi connectivity index (χ1) is 12.7. The molecule has 0 fully saturated rings. The second kappa shape index (κ2) is 12.6. The third-order valence-corrected chi connectivity index (χ3v) is 8.30. The fourth-order valence-electron chi connectivity index (χ4n) is 2.35. The van der Waals surface area contributed by atoms with Gasteiger partial charge < -0.3 is 0 Å². The predicted molar refractivity (Wildman–Crippen MR) is 154 cm³/mol. The Balaban J connectivity index is 2.56. The van der Waals surface area contributed by atoms with E-state index in [1.807, 2.05) is 4.08 Å². The largest absolute Gasteiger partial charge is 0.0926 e. The van der Waals surface area contributed by atoms with Crippen molar-refractivity contribution < 1.29 is 0 Å². The van der Waals surface area contributed by atoms with Crippen LogP contribution in [-0.2, 0) is 0 Å². The molecule has 0 bridgehead atoms. The van der Waals surface area contributed by atoms with E-state index in [-0.39, 0.29) is 20.7 Å². The highest BCUT2D eigenvalue weighted by Crippen LogP contribution is 2.31. The van der Waals surface area contributed by atoms with Gasteiger partial charge in [0.15, 0.2) is 0 Å². The minimum Gasteiger partial charge on any atom is -0.0926 e. The van der Waals surface area contributed by atoms with E-state index in [1.54, 1.807) is 0 Å². The molecule has 1 aliphatic rings. The Labute approximate surface area is 207 Å². The Morgan fingerprint density at radius 3 is 2.62 bits per heavy atom. The van der Waals surface area contributed by atoms with Crippen LogP contribution in [-0.4, -0.2) is 4.01 Å². The van der Waals surface area contributed by atoms with Crippen LogP contribution in [0, 0.1) is 0 Å². The van der Waals surface area contributed by atoms with E-state index in [9.17, 15) is 0 Å². The average molecular weight is 790 g/mol. The van der Waals surface area contributed by atoms with Crippen molar-refractivity contribution in [2.75, 3.05) is 0 Å². The number of hydrogen-bond acceptors (Lipinski definition) is 0. The van der Waals surface area contributed by atoms with Crippen LogP contribution in [0.3, 0.4) is 0 Å². The Morgan fingerprint density at radius 1 is 1.08 bits per heavy atom. The van der Waals surface area contributed by atoms with Gasteiger partial charge in [-0.15, -0.1) is 0 Å². The highest BCUT2D eigenvalue weighted by Gasteiger charge is 2.09. The summed E-state index contributed by atoms with van der Waals surface area (Å²) in [6.07, 6.45) is 15.4. The Hall–Kier alpha value is 0.190. The van der Waals surface area contributed by atoms with Gasteiger partial charge in [-0.2, -0.15) is 0 Å². The van der Waals surface area contributed by atoms with E-state index < -0.39 is 0 Å². The molecule has 1 heterocycles. The molecule has 0 saturated heterocycles. The van der Waals surface area contributed by atoms with Gasteiger partial charge in [-0.25, -0.2) is 0 Å². The maximum absolute atomic E-state index is 2.43. The fourth-order valence-corrected chi connectivity index (χ4v) is 5.74. The third-order valence-electron chi connectivity index (χ3n) is 3.59. The van der Waals surface area contributed by atoms with Crippen molar-refractivity contribution in [3.63, 3.8) is 0 Å². The summed E-state index contributed by atoms with van der Waals surface area (Å²) in [5.41, 5.74) is 6.20. The normalized spacial score (nSPS) is 23.1. The summed E-state index contributed by atoms with van der Waals surface area (Å²) < 4.78 is 10.2. The van der Waals surface area contributed by atoms with Gasteiger partial charge in [0.25, 0.3) is 0 Å². The first-order valence-electron chi connectivity index (χ1n) is 7.90. The first kappa shape index (κ1) is 22.5. The number of benzene rings is 1. The zero-order chi connectivity index (χ0) is 18.8. The Bertz CT molecular complexity index is 875. The number of hydrogen-bond donors (Lipinski definition) is 0. The van der Waals surface area contributed by atoms with Crippen molar-refractivity contribution in [2.24, 2.45) is 0 Å². The number of fused-ring (bicyclic) bond motifs is 1. The molecule has 0 saturated carbocycles. The molecule has 0 spiro atoms. The molecule has 0 unspecified atom stereocenters. The van der Waals surface area contributed by atoms with E-state index in [0.29, 0.717) is 0 Å². The summed E-state index contributed by atoms with van der Waals surface area (Å²) >= 11 is 6.98. The molecule has 1 aromatic carbocycles. The lowest BCUT2D eigenvalue weighted by atomic mass is 9.93. The number of halogens is 4. The lowest BCUT2D eigenvalue weighted by Gasteiger charge is -2.13. The van der Waals surface area contributed by atoms with Crippen molar-refractivity contribution in [3.8, 4) is 0 Å². The molecule has 0 nitrogen and oxygen atoms in total. The smallest absolute Gasteiger partial charge is 0.0193 e. The maximum atomic E-state index is 2.43. The summed E-state index contributed by atoms with van der Waals surface area (Å²) in [4.78, 5) is 0. The molecular weight excluding hydrogens is 772 g/mol. The Morgan fingerprint density at radius 2 is 1.88 bits per heavy atom. The monoisotopic (exact) mass is 790 g/mol. The van der Waals surface area contributed by atoms with Gasteiger partial charge in [0.2, 0.25) is 0 Å². The van der Waals surface area contributed by atoms with Crippen molar-refractivity contribution in [1.82, 2.24) is 0 Å². The van der Waals surface area contributed by atoms with Gasteiger partial charge in [0.05, 0.1) is 0 Å². The van der Waals surface area contributed by atoms with Gasteiger partial charge in [-0.3, -0.25) is 0 Å². The lowest BCUT2D eigenvalue weighted by molar-refractivity contribution is 1.54. The molecule has 1 aromatic rings. The minimum atomic E-state index is -0.0458. The molecule has 0 radical (unpaired) electrons. The molecule has 134 valence electrons. The van der Waals surface area contributed by atoms with Gasteiger partial charge in [0, 0.05) is 3.58 Å². The van der Waals surface area contributed by atoms with E-state index in [1.165, 1.54) is 31.4 Å². The molecule has 26 heavy (non-hydrogen) atoms. The van der Waals surface area contributed by atoms with Gasteiger partial charge in [-0.05, 0) is 85.8 Å². The van der Waals surface area contributed by atoms with Crippen LogP contribution in [0.15, 0.2) is 87.7 Å². The fraction of sp³-hybridized carbons (Fsp3) is 0.0455. The van der Waals surface area contributed by atoms with Gasteiger partial charge >= 0.3 is 0 Å². The number of rotatable bonds is 4. The summed E-state index contributed by atoms with van der Waals surface area (Å²) in [5.74, 6) is 0. The van der Waals surface area contributed by atoms with Crippen LogP contribution >= 0.6 is 88.5 Å². The zero-order valence-electron chi connectivity index (χ0n) is 14.2. The minimum absolute atomic E-state index is 0.0458. The first-order valence-corrected chi connectivity index (χ1v) is 14.0. The van der Waals surface area contributed by atoms with Crippen LogP contribution in [0.1, 0.15) is 18.1 Å². The van der Waals surface area contributed by atoms with E-state index in [2.05, 4.69) is 154 Å². The van der Waals surface area contributed by atoms with E-state index in [4.69, 9.17) is 0 Å². The quantitative estimate of drug-likeness (QED) is 0.211. The summed E-state index contributed by atoms with van der Waals surface area (Å²) in [7, 11) is 0. The summed E-state index contributed by atoms with van der Waals surface area (Å²) in [5, 5.41) is 0. The molecule has 2 rings (SSSR count). The standard InChI is InChI=1S/C22H18I4/c1-2-17(11-12-23)9-10-19(15-24)22-8-5-13-26-16-20(25)14-18-6-3-4-7-21(18)22/h2-16H,1H3/b8-5?,10-9-,12-11-,13-5-,17-2-,18-14?,19-15+,20-14-,20-16?,22-8-,22-21?. The molecule has 0 aliphatic carbocycles. The molecule has 1 aliphatic heterocycles. The van der Waals surface area contributed by atoms with Gasteiger partial charge in [-0.1, -0.05) is 121 Å². The zero-order valence-corrected chi connectivity index (χ0v) is 22.8. The summed E-state index contributed by atoms with van der Waals surface area (Å²) in [6.45, 7) is 2.07. The molecule has 0 aromatic heterocycles. The molecule has 4 heteroatoms. The van der Waals surface area contributed by atoms with Crippen LogP contribution in [0.5, 0.6) is 0 Å². The topological polar surface area (TPSA) is 0 Å². The SMILES string of the molecule is C/C=C(\C=C/I)/C=C\C(=C/I)C1=C\C=C/I=C\C(I)=C\c2ccccc2/1. The average Bonchev–Trinajstić information content (AvgIpc) is 2.66. The van der Waals surface area contributed by atoms with E-state index in [0.717, 1.165) is 0 Å². The van der Waals surface area contributed by atoms with Crippen LogP contribution in [0.2, 0.25) is 0 Å². The van der Waals surface area contributed by atoms with E-state index >= 15 is 0 Å². The second-order valence-electron chi connectivity index (χ2n) is 5.23. The van der Waals surface area contributed by atoms with Crippen LogP contribution < -0.4 is 0 Å². The van der Waals surface area contributed by atoms with Crippen molar-refractivity contribution >= 4 is 104 Å². The summed E-state index contributed by atoms with van der Waals surface area (Å²) in [6, 6.07) is 8.63. The molecule has 0 N–H and O–H groups in total. The second-order valence-corrected chi connectivity index (χ2v) is 9.88. The van der Waals surface area contributed by atoms with Crippen LogP contribution in [0.25, 0.3) is 11.6 Å². The van der Waals surface area contributed by atoms with Crippen molar-refractivity contribution in [1.29, 1.82) is 0 Å².